The second kappa shape index (κ2) is 7.28. The molecular formula is C14H21NO3S. The Morgan fingerprint density at radius 3 is 2.63 bits per heavy atom. The van der Waals surface area contributed by atoms with Crippen molar-refractivity contribution in [2.75, 3.05) is 7.11 Å². The molecule has 1 aromatic heterocycles. The van der Waals surface area contributed by atoms with Crippen LogP contribution in [0, 0.1) is 5.92 Å². The summed E-state index contributed by atoms with van der Waals surface area (Å²) in [4.78, 5) is 24.5. The van der Waals surface area contributed by atoms with E-state index in [-0.39, 0.29) is 5.91 Å². The van der Waals surface area contributed by atoms with E-state index in [0.717, 1.165) is 12.0 Å². The quantitative estimate of drug-likeness (QED) is 0.817. The van der Waals surface area contributed by atoms with E-state index in [1.807, 2.05) is 32.2 Å². The molecule has 0 bridgehead atoms. The molecule has 0 radical (unpaired) electrons. The van der Waals surface area contributed by atoms with Crippen LogP contribution in [-0.2, 0) is 16.0 Å². The van der Waals surface area contributed by atoms with Crippen LogP contribution >= 0.6 is 11.3 Å². The topological polar surface area (TPSA) is 55.4 Å². The number of methoxy groups -OCH3 is 1. The van der Waals surface area contributed by atoms with Gasteiger partial charge in [-0.15, -0.1) is 11.3 Å². The van der Waals surface area contributed by atoms with Gasteiger partial charge in [0, 0.05) is 0 Å². The van der Waals surface area contributed by atoms with Gasteiger partial charge in [-0.05, 0) is 35.8 Å². The lowest BCUT2D eigenvalue weighted by atomic mass is 10.0. The summed E-state index contributed by atoms with van der Waals surface area (Å²) in [6.45, 7) is 6.01. The number of nitrogens with one attached hydrogen (secondary N) is 1. The van der Waals surface area contributed by atoms with Crippen LogP contribution in [0.4, 0.5) is 0 Å². The molecule has 1 aromatic rings. The van der Waals surface area contributed by atoms with Crippen molar-refractivity contribution in [1.29, 1.82) is 0 Å². The highest BCUT2D eigenvalue weighted by Crippen LogP contribution is 2.18. The van der Waals surface area contributed by atoms with Crippen LogP contribution < -0.4 is 5.32 Å². The summed E-state index contributed by atoms with van der Waals surface area (Å²) in [5, 5.41) is 4.67. The molecule has 1 atom stereocenters. The summed E-state index contributed by atoms with van der Waals surface area (Å²) in [7, 11) is 1.34. The van der Waals surface area contributed by atoms with Crippen LogP contribution in [0.1, 0.15) is 42.4 Å². The SMILES string of the molecule is CCc1ccsc1C(=O)NC(CC(C)C)C(=O)OC. The maximum absolute atomic E-state index is 12.2. The largest absolute Gasteiger partial charge is 0.467 e. The number of hydrogen-bond acceptors (Lipinski definition) is 4. The monoisotopic (exact) mass is 283 g/mol. The molecule has 1 amide bonds. The fraction of sp³-hybridized carbons (Fsp3) is 0.571. The Morgan fingerprint density at radius 1 is 1.42 bits per heavy atom. The van der Waals surface area contributed by atoms with Gasteiger partial charge in [-0.2, -0.15) is 0 Å². The van der Waals surface area contributed by atoms with Gasteiger partial charge in [0.15, 0.2) is 0 Å². The van der Waals surface area contributed by atoms with Crippen molar-refractivity contribution in [3.8, 4) is 0 Å². The molecule has 1 unspecified atom stereocenters. The Bertz CT molecular complexity index is 440. The average molecular weight is 283 g/mol. The number of thiophene rings is 1. The summed E-state index contributed by atoms with van der Waals surface area (Å²) in [5.41, 5.74) is 1.01. The minimum Gasteiger partial charge on any atom is -0.467 e. The van der Waals surface area contributed by atoms with Crippen molar-refractivity contribution < 1.29 is 14.3 Å². The van der Waals surface area contributed by atoms with E-state index in [1.165, 1.54) is 18.4 Å². The predicted molar refractivity (Wildman–Crippen MR) is 76.4 cm³/mol. The van der Waals surface area contributed by atoms with Crippen LogP contribution in [0.25, 0.3) is 0 Å². The molecule has 0 aromatic carbocycles. The molecule has 1 rings (SSSR count). The normalized spacial score (nSPS) is 12.3. The Kier molecular flexibility index (Phi) is 6.02. The lowest BCUT2D eigenvalue weighted by molar-refractivity contribution is -0.143. The highest BCUT2D eigenvalue weighted by Gasteiger charge is 2.24. The van der Waals surface area contributed by atoms with Crippen LogP contribution in [0.3, 0.4) is 0 Å². The summed E-state index contributed by atoms with van der Waals surface area (Å²) < 4.78 is 4.74. The number of esters is 1. The lowest BCUT2D eigenvalue weighted by Gasteiger charge is -2.18. The molecule has 5 heteroatoms. The van der Waals surface area contributed by atoms with E-state index >= 15 is 0 Å². The maximum Gasteiger partial charge on any atom is 0.328 e. The summed E-state index contributed by atoms with van der Waals surface area (Å²) in [6.07, 6.45) is 1.38. The number of ether oxygens (including phenoxy) is 1. The van der Waals surface area contributed by atoms with Crippen LogP contribution in [0.2, 0.25) is 0 Å². The number of hydrogen-bond donors (Lipinski definition) is 1. The van der Waals surface area contributed by atoms with Gasteiger partial charge in [0.25, 0.3) is 5.91 Å². The van der Waals surface area contributed by atoms with Gasteiger partial charge in [0.05, 0.1) is 12.0 Å². The first-order valence-corrected chi connectivity index (χ1v) is 7.32. The number of amides is 1. The van der Waals surface area contributed by atoms with Crippen molar-refractivity contribution >= 4 is 23.2 Å². The molecule has 19 heavy (non-hydrogen) atoms. The third-order valence-electron chi connectivity index (χ3n) is 2.83. The molecule has 0 saturated carbocycles. The van der Waals surface area contributed by atoms with Gasteiger partial charge in [0.2, 0.25) is 0 Å². The van der Waals surface area contributed by atoms with E-state index in [1.54, 1.807) is 0 Å². The maximum atomic E-state index is 12.2. The fourth-order valence-electron chi connectivity index (χ4n) is 1.86. The Hall–Kier alpha value is -1.36. The molecule has 106 valence electrons. The Balaban J connectivity index is 2.78. The van der Waals surface area contributed by atoms with Gasteiger partial charge in [-0.1, -0.05) is 20.8 Å². The number of carbonyl (C=O) groups excluding carboxylic acids is 2. The average Bonchev–Trinajstić information content (AvgIpc) is 2.84. The minimum absolute atomic E-state index is 0.192. The number of aryl methyl sites for hydroxylation is 1. The van der Waals surface area contributed by atoms with Crippen molar-refractivity contribution in [1.82, 2.24) is 5.32 Å². The first-order chi connectivity index (χ1) is 8.99. The van der Waals surface area contributed by atoms with Gasteiger partial charge >= 0.3 is 5.97 Å². The van der Waals surface area contributed by atoms with E-state index in [2.05, 4.69) is 5.32 Å². The third kappa shape index (κ3) is 4.35. The predicted octanol–water partition coefficient (Wildman–Crippen LogP) is 2.63. The molecule has 0 aliphatic carbocycles. The zero-order valence-corrected chi connectivity index (χ0v) is 12.7. The van der Waals surface area contributed by atoms with Crippen molar-refractivity contribution in [2.45, 2.75) is 39.7 Å². The molecule has 4 nitrogen and oxygen atoms in total. The van der Waals surface area contributed by atoms with Crippen LogP contribution in [0.15, 0.2) is 11.4 Å². The zero-order chi connectivity index (χ0) is 14.4. The molecule has 0 aliphatic heterocycles. The van der Waals surface area contributed by atoms with Gasteiger partial charge < -0.3 is 10.1 Å². The molecule has 1 N–H and O–H groups in total. The van der Waals surface area contributed by atoms with Crippen LogP contribution in [-0.4, -0.2) is 25.0 Å². The van der Waals surface area contributed by atoms with E-state index < -0.39 is 12.0 Å². The summed E-state index contributed by atoms with van der Waals surface area (Å²) >= 11 is 1.40. The molecule has 0 fully saturated rings. The second-order valence-electron chi connectivity index (χ2n) is 4.81. The smallest absolute Gasteiger partial charge is 0.328 e. The molecular weight excluding hydrogens is 262 g/mol. The molecule has 0 aliphatic rings. The van der Waals surface area contributed by atoms with E-state index in [0.29, 0.717) is 17.2 Å². The third-order valence-corrected chi connectivity index (χ3v) is 3.79. The Labute approximate surface area is 118 Å². The fourth-order valence-corrected chi connectivity index (χ4v) is 2.76. The van der Waals surface area contributed by atoms with Gasteiger partial charge in [0.1, 0.15) is 6.04 Å². The van der Waals surface area contributed by atoms with E-state index in [9.17, 15) is 9.59 Å². The lowest BCUT2D eigenvalue weighted by Crippen LogP contribution is -2.42. The summed E-state index contributed by atoms with van der Waals surface area (Å²) in [6, 6.07) is 1.36. The highest BCUT2D eigenvalue weighted by atomic mass is 32.1. The zero-order valence-electron chi connectivity index (χ0n) is 11.9. The Morgan fingerprint density at radius 2 is 2.11 bits per heavy atom. The van der Waals surface area contributed by atoms with Gasteiger partial charge in [-0.3, -0.25) is 4.79 Å². The first-order valence-electron chi connectivity index (χ1n) is 6.44. The highest BCUT2D eigenvalue weighted by molar-refractivity contribution is 7.12. The molecule has 0 saturated heterocycles. The standard InChI is InChI=1S/C14H21NO3S/c1-5-10-6-7-19-12(10)13(16)15-11(8-9(2)3)14(17)18-4/h6-7,9,11H,5,8H2,1-4H3,(H,15,16). The molecule has 1 heterocycles. The molecule has 0 spiro atoms. The number of rotatable bonds is 6. The second-order valence-corrected chi connectivity index (χ2v) is 5.72. The van der Waals surface area contributed by atoms with Crippen molar-refractivity contribution in [3.05, 3.63) is 21.9 Å². The van der Waals surface area contributed by atoms with Crippen molar-refractivity contribution in [2.24, 2.45) is 5.92 Å². The minimum atomic E-state index is -0.579. The van der Waals surface area contributed by atoms with Crippen LogP contribution in [0.5, 0.6) is 0 Å². The number of carbonyl (C=O) groups is 2. The van der Waals surface area contributed by atoms with Gasteiger partial charge in [-0.25, -0.2) is 4.79 Å². The summed E-state index contributed by atoms with van der Waals surface area (Å²) in [5.74, 6) is -0.280. The van der Waals surface area contributed by atoms with Crippen molar-refractivity contribution in [3.63, 3.8) is 0 Å². The van der Waals surface area contributed by atoms with E-state index in [4.69, 9.17) is 4.74 Å². The first kappa shape index (κ1) is 15.7.